The maximum absolute atomic E-state index is 5.56. The molecule has 0 bridgehead atoms. The van der Waals surface area contributed by atoms with Crippen molar-refractivity contribution in [1.82, 2.24) is 10.6 Å². The molecule has 0 aliphatic rings. The lowest BCUT2D eigenvalue weighted by atomic mass is 10.3. The Morgan fingerprint density at radius 1 is 1.16 bits per heavy atom. The molecule has 0 aliphatic carbocycles. The molecule has 1 rings (SSSR count). The van der Waals surface area contributed by atoms with Gasteiger partial charge in [-0.3, -0.25) is 0 Å². The SMILES string of the molecule is C[NH+](C)CCCNC(=S)NCCOc1ccccc1. The Balaban J connectivity index is 1.98. The summed E-state index contributed by atoms with van der Waals surface area (Å²) in [4.78, 5) is 1.46. The fourth-order valence-electron chi connectivity index (χ4n) is 1.56. The van der Waals surface area contributed by atoms with Crippen LogP contribution in [0.25, 0.3) is 0 Å². The molecule has 0 saturated carbocycles. The van der Waals surface area contributed by atoms with E-state index in [1.165, 1.54) is 4.90 Å². The number of hydrogen-bond donors (Lipinski definition) is 3. The van der Waals surface area contributed by atoms with Crippen LogP contribution < -0.4 is 20.3 Å². The van der Waals surface area contributed by atoms with Gasteiger partial charge < -0.3 is 20.3 Å². The third-order valence-electron chi connectivity index (χ3n) is 2.54. The summed E-state index contributed by atoms with van der Waals surface area (Å²) in [5.41, 5.74) is 0. The van der Waals surface area contributed by atoms with Gasteiger partial charge >= 0.3 is 0 Å². The first-order valence-electron chi connectivity index (χ1n) is 6.67. The average Bonchev–Trinajstić information content (AvgIpc) is 2.41. The second-order valence-corrected chi connectivity index (χ2v) is 5.06. The molecule has 106 valence electrons. The van der Waals surface area contributed by atoms with E-state index in [1.54, 1.807) is 0 Å². The van der Waals surface area contributed by atoms with E-state index in [1.807, 2.05) is 30.3 Å². The van der Waals surface area contributed by atoms with Gasteiger partial charge in [-0.1, -0.05) is 18.2 Å². The predicted molar refractivity (Wildman–Crippen MR) is 82.8 cm³/mol. The molecule has 0 fully saturated rings. The molecule has 3 N–H and O–H groups in total. The van der Waals surface area contributed by atoms with E-state index in [-0.39, 0.29) is 0 Å². The van der Waals surface area contributed by atoms with Crippen molar-refractivity contribution >= 4 is 17.3 Å². The summed E-state index contributed by atoms with van der Waals surface area (Å²) in [5, 5.41) is 7.02. The van der Waals surface area contributed by atoms with Crippen LogP contribution in [0.5, 0.6) is 5.75 Å². The number of hydrogen-bond acceptors (Lipinski definition) is 2. The summed E-state index contributed by atoms with van der Waals surface area (Å²) in [6.45, 7) is 3.37. The zero-order valence-corrected chi connectivity index (χ0v) is 12.6. The van der Waals surface area contributed by atoms with Crippen LogP contribution in [0, 0.1) is 0 Å². The highest BCUT2D eigenvalue weighted by Gasteiger charge is 1.97. The van der Waals surface area contributed by atoms with Crippen LogP contribution in [0.4, 0.5) is 0 Å². The third-order valence-corrected chi connectivity index (χ3v) is 2.83. The largest absolute Gasteiger partial charge is 0.492 e. The van der Waals surface area contributed by atoms with Gasteiger partial charge in [0.1, 0.15) is 12.4 Å². The van der Waals surface area contributed by atoms with Crippen molar-refractivity contribution in [3.8, 4) is 5.75 Å². The van der Waals surface area contributed by atoms with Crippen molar-refractivity contribution < 1.29 is 9.64 Å². The topological polar surface area (TPSA) is 37.7 Å². The smallest absolute Gasteiger partial charge is 0.166 e. The first kappa shape index (κ1) is 15.7. The fourth-order valence-corrected chi connectivity index (χ4v) is 1.76. The molecular weight excluding hydrogens is 258 g/mol. The van der Waals surface area contributed by atoms with Crippen molar-refractivity contribution in [1.29, 1.82) is 0 Å². The Bertz CT molecular complexity index is 357. The quantitative estimate of drug-likeness (QED) is 0.466. The van der Waals surface area contributed by atoms with E-state index in [2.05, 4.69) is 24.7 Å². The van der Waals surface area contributed by atoms with Gasteiger partial charge in [-0.05, 0) is 24.4 Å². The highest BCUT2D eigenvalue weighted by atomic mass is 32.1. The number of para-hydroxylation sites is 1. The van der Waals surface area contributed by atoms with E-state index in [4.69, 9.17) is 17.0 Å². The molecule has 0 aliphatic heterocycles. The first-order chi connectivity index (χ1) is 9.18. The molecule has 0 saturated heterocycles. The summed E-state index contributed by atoms with van der Waals surface area (Å²) in [7, 11) is 4.30. The van der Waals surface area contributed by atoms with E-state index in [0.29, 0.717) is 18.3 Å². The van der Waals surface area contributed by atoms with E-state index in [0.717, 1.165) is 25.3 Å². The highest BCUT2D eigenvalue weighted by Crippen LogP contribution is 2.07. The van der Waals surface area contributed by atoms with Crippen molar-refractivity contribution in [3.63, 3.8) is 0 Å². The second kappa shape index (κ2) is 9.58. The van der Waals surface area contributed by atoms with E-state index in [9.17, 15) is 0 Å². The summed E-state index contributed by atoms with van der Waals surface area (Å²) in [6, 6.07) is 9.78. The van der Waals surface area contributed by atoms with Gasteiger partial charge in [0, 0.05) is 13.0 Å². The summed E-state index contributed by atoms with van der Waals surface area (Å²) < 4.78 is 5.56. The van der Waals surface area contributed by atoms with E-state index >= 15 is 0 Å². The summed E-state index contributed by atoms with van der Waals surface area (Å²) in [5.74, 6) is 0.886. The molecule has 1 aromatic rings. The van der Waals surface area contributed by atoms with Gasteiger partial charge in [-0.25, -0.2) is 0 Å². The van der Waals surface area contributed by atoms with Gasteiger partial charge in [0.25, 0.3) is 0 Å². The summed E-state index contributed by atoms with van der Waals surface area (Å²) in [6.07, 6.45) is 1.12. The molecule has 4 nitrogen and oxygen atoms in total. The van der Waals surface area contributed by atoms with Crippen molar-refractivity contribution in [2.24, 2.45) is 0 Å². The number of rotatable bonds is 8. The molecule has 0 heterocycles. The van der Waals surface area contributed by atoms with Gasteiger partial charge in [-0.15, -0.1) is 0 Å². The minimum atomic E-state index is 0.605. The number of benzene rings is 1. The number of quaternary nitrogens is 1. The molecule has 0 radical (unpaired) electrons. The molecule has 19 heavy (non-hydrogen) atoms. The maximum Gasteiger partial charge on any atom is 0.166 e. The average molecular weight is 282 g/mol. The predicted octanol–water partition coefficient (Wildman–Crippen LogP) is 0.0641. The van der Waals surface area contributed by atoms with Crippen molar-refractivity contribution in [2.45, 2.75) is 6.42 Å². The van der Waals surface area contributed by atoms with Crippen LogP contribution in [0.3, 0.4) is 0 Å². The van der Waals surface area contributed by atoms with Crippen molar-refractivity contribution in [2.75, 3.05) is 40.3 Å². The Hall–Kier alpha value is -1.33. The molecule has 5 heteroatoms. The summed E-state index contributed by atoms with van der Waals surface area (Å²) >= 11 is 5.18. The minimum Gasteiger partial charge on any atom is -0.492 e. The lowest BCUT2D eigenvalue weighted by Crippen LogP contribution is -3.05. The van der Waals surface area contributed by atoms with Crippen LogP contribution in [0.2, 0.25) is 0 Å². The number of thiocarbonyl (C=S) groups is 1. The normalized spacial score (nSPS) is 10.3. The lowest BCUT2D eigenvalue weighted by molar-refractivity contribution is -0.858. The zero-order chi connectivity index (χ0) is 13.9. The fraction of sp³-hybridized carbons (Fsp3) is 0.500. The standard InChI is InChI=1S/C14H23N3OS/c1-17(2)11-6-9-15-14(19)16-10-12-18-13-7-4-3-5-8-13/h3-5,7-8H,6,9-12H2,1-2H3,(H2,15,16,19)/p+1. The van der Waals surface area contributed by atoms with Crippen molar-refractivity contribution in [3.05, 3.63) is 30.3 Å². The van der Waals surface area contributed by atoms with E-state index < -0.39 is 0 Å². The van der Waals surface area contributed by atoms with Gasteiger partial charge in [0.15, 0.2) is 5.11 Å². The Kier molecular flexibility index (Phi) is 7.93. The monoisotopic (exact) mass is 282 g/mol. The minimum absolute atomic E-state index is 0.605. The zero-order valence-electron chi connectivity index (χ0n) is 11.7. The van der Waals surface area contributed by atoms with Crippen LogP contribution >= 0.6 is 12.2 Å². The highest BCUT2D eigenvalue weighted by molar-refractivity contribution is 7.80. The van der Waals surface area contributed by atoms with Gasteiger partial charge in [-0.2, -0.15) is 0 Å². The first-order valence-corrected chi connectivity index (χ1v) is 7.08. The Morgan fingerprint density at radius 2 is 1.84 bits per heavy atom. The van der Waals surface area contributed by atoms with Crippen LogP contribution in [-0.2, 0) is 0 Å². The molecule has 0 amide bonds. The van der Waals surface area contributed by atoms with Crippen LogP contribution in [0.15, 0.2) is 30.3 Å². The molecule has 1 aromatic carbocycles. The molecule has 0 unspecified atom stereocenters. The van der Waals surface area contributed by atoms with Gasteiger partial charge in [0.2, 0.25) is 0 Å². The number of ether oxygens (including phenoxy) is 1. The molecule has 0 spiro atoms. The maximum atomic E-state index is 5.56. The third kappa shape index (κ3) is 8.40. The van der Waals surface area contributed by atoms with Crippen LogP contribution in [-0.4, -0.2) is 45.4 Å². The number of nitrogens with one attached hydrogen (secondary N) is 3. The molecule has 0 atom stereocenters. The lowest BCUT2D eigenvalue weighted by Gasteiger charge is -2.12. The van der Waals surface area contributed by atoms with Crippen LogP contribution in [0.1, 0.15) is 6.42 Å². The Labute approximate surface area is 121 Å². The van der Waals surface area contributed by atoms with Gasteiger partial charge in [0.05, 0.1) is 27.2 Å². The molecule has 0 aromatic heterocycles. The Morgan fingerprint density at radius 3 is 2.53 bits per heavy atom. The second-order valence-electron chi connectivity index (χ2n) is 4.65. The molecular formula is C14H24N3OS+.